The van der Waals surface area contributed by atoms with Crippen LogP contribution in [-0.4, -0.2) is 5.78 Å². The topological polar surface area (TPSA) is 40.9 Å². The second-order valence-corrected chi connectivity index (χ2v) is 3.04. The number of ketones is 1. The molecular weight excluding hydrogens is 235 g/mol. The lowest BCUT2D eigenvalue weighted by molar-refractivity contribution is 0.105. The normalized spacial score (nSPS) is 9.64. The van der Waals surface area contributed by atoms with E-state index in [0.717, 1.165) is 0 Å². The molecule has 1 rings (SSSR count). The fourth-order valence-electron chi connectivity index (χ4n) is 0.798. The molecule has 0 aliphatic rings. The van der Waals surface area contributed by atoms with Gasteiger partial charge in [0.2, 0.25) is 0 Å². The van der Waals surface area contributed by atoms with Gasteiger partial charge in [0.1, 0.15) is 6.07 Å². The highest BCUT2D eigenvalue weighted by Crippen LogP contribution is 2.30. The maximum atomic E-state index is 12.8. The van der Waals surface area contributed by atoms with Crippen molar-refractivity contribution in [3.63, 3.8) is 0 Å². The van der Waals surface area contributed by atoms with Gasteiger partial charge in [0, 0.05) is 0 Å². The van der Waals surface area contributed by atoms with Gasteiger partial charge in [-0.3, -0.25) is 4.79 Å². The zero-order chi connectivity index (χ0) is 10.9. The van der Waals surface area contributed by atoms with E-state index in [1.165, 1.54) is 6.07 Å². The molecule has 0 unspecified atom stereocenters. The quantitative estimate of drug-likeness (QED) is 0.325. The van der Waals surface area contributed by atoms with Crippen molar-refractivity contribution < 1.29 is 13.6 Å². The number of halogens is 4. The largest absolute Gasteiger partial charge is 0.277 e. The first-order valence-electron chi connectivity index (χ1n) is 3.26. The lowest BCUT2D eigenvalue weighted by Gasteiger charge is -2.02. The molecule has 0 spiro atoms. The second-order valence-electron chi connectivity index (χ2n) is 2.29. The minimum absolute atomic E-state index is 0.446. The van der Waals surface area contributed by atoms with Crippen LogP contribution in [-0.2, 0) is 0 Å². The van der Waals surface area contributed by atoms with Gasteiger partial charge in [-0.1, -0.05) is 23.2 Å². The minimum atomic E-state index is -1.34. The van der Waals surface area contributed by atoms with E-state index in [1.807, 2.05) is 0 Å². The van der Waals surface area contributed by atoms with Crippen molar-refractivity contribution in [2.45, 2.75) is 0 Å². The highest BCUT2D eigenvalue weighted by molar-refractivity contribution is 6.44. The van der Waals surface area contributed by atoms with Crippen LogP contribution in [0.3, 0.4) is 0 Å². The van der Waals surface area contributed by atoms with Gasteiger partial charge in [0.15, 0.2) is 11.6 Å². The Bertz CT molecular complexity index is 454. The Labute approximate surface area is 87.7 Å². The smallest absolute Gasteiger partial charge is 0.263 e. The van der Waals surface area contributed by atoms with Gasteiger partial charge in [-0.25, -0.2) is 8.78 Å². The SMILES string of the molecule is N#CC(=O)c1cc(F)c(F)c(Cl)c1Cl. The van der Waals surface area contributed by atoms with Crippen molar-refractivity contribution in [3.8, 4) is 6.07 Å². The van der Waals surface area contributed by atoms with Gasteiger partial charge < -0.3 is 0 Å². The number of Topliss-reactive ketones (excluding diaryl/α,β-unsaturated/α-hetero) is 1. The molecule has 0 bridgehead atoms. The summed E-state index contributed by atoms with van der Waals surface area (Å²) < 4.78 is 25.5. The Kier molecular flexibility index (Phi) is 3.04. The standard InChI is InChI=1S/C8HCl2F2NO/c9-6-3(5(14)2-13)1-4(11)8(12)7(6)10/h1H. The van der Waals surface area contributed by atoms with Crippen molar-refractivity contribution in [3.05, 3.63) is 33.3 Å². The summed E-state index contributed by atoms with van der Waals surface area (Å²) in [6.07, 6.45) is 0. The molecule has 0 atom stereocenters. The number of hydrogen-bond acceptors (Lipinski definition) is 2. The van der Waals surface area contributed by atoms with Crippen LogP contribution in [0.25, 0.3) is 0 Å². The van der Waals surface area contributed by atoms with Gasteiger partial charge >= 0.3 is 0 Å². The van der Waals surface area contributed by atoms with Crippen LogP contribution in [0.15, 0.2) is 6.07 Å². The van der Waals surface area contributed by atoms with E-state index >= 15 is 0 Å². The molecule has 0 saturated heterocycles. The molecule has 6 heteroatoms. The zero-order valence-corrected chi connectivity index (χ0v) is 7.96. The maximum Gasteiger partial charge on any atom is 0.263 e. The Morgan fingerprint density at radius 3 is 2.43 bits per heavy atom. The van der Waals surface area contributed by atoms with Gasteiger partial charge in [0.25, 0.3) is 5.78 Å². The van der Waals surface area contributed by atoms with E-state index in [-0.39, 0.29) is 0 Å². The van der Waals surface area contributed by atoms with Gasteiger partial charge in [-0.15, -0.1) is 0 Å². The first-order valence-corrected chi connectivity index (χ1v) is 4.02. The van der Waals surface area contributed by atoms with Crippen LogP contribution in [0.1, 0.15) is 10.4 Å². The van der Waals surface area contributed by atoms with E-state index in [4.69, 9.17) is 28.5 Å². The number of hydrogen-bond donors (Lipinski definition) is 0. The number of carbonyl (C=O) groups is 1. The summed E-state index contributed by atoms with van der Waals surface area (Å²) in [5, 5.41) is 7.08. The Balaban J connectivity index is 3.50. The van der Waals surface area contributed by atoms with E-state index < -0.39 is 33.0 Å². The summed E-state index contributed by atoms with van der Waals surface area (Å²) in [6, 6.07) is 1.76. The lowest BCUT2D eigenvalue weighted by Crippen LogP contribution is -2.00. The van der Waals surface area contributed by atoms with Crippen molar-refractivity contribution in [1.29, 1.82) is 5.26 Å². The number of nitriles is 1. The fraction of sp³-hybridized carbons (Fsp3) is 0. The summed E-state index contributed by atoms with van der Waals surface area (Å²) in [6.45, 7) is 0. The van der Waals surface area contributed by atoms with Crippen LogP contribution in [0.4, 0.5) is 8.78 Å². The number of rotatable bonds is 1. The average Bonchev–Trinajstić information content (AvgIpc) is 2.19. The minimum Gasteiger partial charge on any atom is -0.277 e. The Morgan fingerprint density at radius 1 is 1.36 bits per heavy atom. The number of nitrogens with zero attached hydrogens (tertiary/aromatic N) is 1. The summed E-state index contributed by atoms with van der Waals surface area (Å²) in [7, 11) is 0. The first kappa shape index (κ1) is 10.9. The molecule has 0 fully saturated rings. The summed E-state index contributed by atoms with van der Waals surface area (Å²) in [5.41, 5.74) is -0.446. The van der Waals surface area contributed by atoms with Crippen molar-refractivity contribution >= 4 is 29.0 Å². The summed E-state index contributed by atoms with van der Waals surface area (Å²) >= 11 is 10.7. The van der Waals surface area contributed by atoms with Crippen LogP contribution in [0.2, 0.25) is 10.0 Å². The van der Waals surface area contributed by atoms with E-state index in [1.54, 1.807) is 0 Å². The molecule has 0 radical (unpaired) electrons. The third kappa shape index (κ3) is 1.69. The molecule has 0 heterocycles. The predicted octanol–water partition coefficient (Wildman–Crippen LogP) is 2.98. The van der Waals surface area contributed by atoms with E-state index in [2.05, 4.69) is 0 Å². The summed E-state index contributed by atoms with van der Waals surface area (Å²) in [4.78, 5) is 10.9. The highest BCUT2D eigenvalue weighted by Gasteiger charge is 2.19. The van der Waals surface area contributed by atoms with Crippen LogP contribution >= 0.6 is 23.2 Å². The van der Waals surface area contributed by atoms with Crippen molar-refractivity contribution in [2.24, 2.45) is 0 Å². The molecule has 1 aromatic rings. The molecule has 0 aliphatic heterocycles. The number of benzene rings is 1. The maximum absolute atomic E-state index is 12.8. The van der Waals surface area contributed by atoms with E-state index in [9.17, 15) is 13.6 Å². The fourth-order valence-corrected chi connectivity index (χ4v) is 1.21. The molecule has 2 nitrogen and oxygen atoms in total. The molecule has 0 aliphatic carbocycles. The average molecular weight is 236 g/mol. The monoisotopic (exact) mass is 235 g/mol. The third-order valence-electron chi connectivity index (χ3n) is 1.45. The van der Waals surface area contributed by atoms with Crippen molar-refractivity contribution in [2.75, 3.05) is 0 Å². The molecule has 1 aromatic carbocycles. The van der Waals surface area contributed by atoms with Crippen LogP contribution in [0.5, 0.6) is 0 Å². The van der Waals surface area contributed by atoms with Gasteiger partial charge in [-0.2, -0.15) is 5.26 Å². The van der Waals surface area contributed by atoms with Crippen LogP contribution < -0.4 is 0 Å². The molecule has 0 aromatic heterocycles. The molecule has 14 heavy (non-hydrogen) atoms. The molecule has 0 saturated carbocycles. The van der Waals surface area contributed by atoms with E-state index in [0.29, 0.717) is 6.07 Å². The molecule has 0 N–H and O–H groups in total. The predicted molar refractivity (Wildman–Crippen MR) is 46.3 cm³/mol. The molecule has 72 valence electrons. The van der Waals surface area contributed by atoms with Gasteiger partial charge in [0.05, 0.1) is 15.6 Å². The zero-order valence-electron chi connectivity index (χ0n) is 6.44. The van der Waals surface area contributed by atoms with Crippen LogP contribution in [0, 0.1) is 23.0 Å². The highest BCUT2D eigenvalue weighted by atomic mass is 35.5. The second kappa shape index (κ2) is 3.91. The molecule has 0 amide bonds. The number of carbonyl (C=O) groups excluding carboxylic acids is 1. The Morgan fingerprint density at radius 2 is 1.93 bits per heavy atom. The molecular formula is C8HCl2F2NO. The lowest BCUT2D eigenvalue weighted by atomic mass is 10.1. The van der Waals surface area contributed by atoms with Gasteiger partial charge in [-0.05, 0) is 6.07 Å². The van der Waals surface area contributed by atoms with Crippen molar-refractivity contribution in [1.82, 2.24) is 0 Å². The third-order valence-corrected chi connectivity index (χ3v) is 2.29. The summed E-state index contributed by atoms with van der Waals surface area (Å²) in [5.74, 6) is -3.74. The Hall–Kier alpha value is -1.18. The first-order chi connectivity index (χ1) is 6.49.